The van der Waals surface area contributed by atoms with Gasteiger partial charge in [0.25, 0.3) is 0 Å². The summed E-state index contributed by atoms with van der Waals surface area (Å²) in [6.07, 6.45) is 1.70. The van der Waals surface area contributed by atoms with Gasteiger partial charge in [0.15, 0.2) is 5.96 Å². The number of carbonyl (C=O) groups excluding carboxylic acids is 1. The van der Waals surface area contributed by atoms with Crippen LogP contribution >= 0.6 is 0 Å². The Kier molecular flexibility index (Phi) is 8.15. The lowest BCUT2D eigenvalue weighted by Crippen LogP contribution is -2.42. The third kappa shape index (κ3) is 7.41. The van der Waals surface area contributed by atoms with E-state index in [1.165, 1.54) is 5.56 Å². The predicted octanol–water partition coefficient (Wildman–Crippen LogP) is 3.95. The predicted molar refractivity (Wildman–Crippen MR) is 115 cm³/mol. The van der Waals surface area contributed by atoms with Crippen molar-refractivity contribution in [1.82, 2.24) is 15.5 Å². The maximum atomic E-state index is 12.2. The zero-order valence-electron chi connectivity index (χ0n) is 18.0. The fraction of sp³-hybridized carbons (Fsp3) is 0.636. The van der Waals surface area contributed by atoms with Crippen molar-refractivity contribution in [1.29, 1.82) is 0 Å². The molecule has 1 aromatic carbocycles. The summed E-state index contributed by atoms with van der Waals surface area (Å²) < 4.78 is 5.47. The Morgan fingerprint density at radius 1 is 1.25 bits per heavy atom. The number of ether oxygens (including phenoxy) is 1. The molecule has 1 amide bonds. The molecular formula is C22H36N4O2. The largest absolute Gasteiger partial charge is 0.444 e. The molecule has 1 fully saturated rings. The maximum absolute atomic E-state index is 12.2. The third-order valence-corrected chi connectivity index (χ3v) is 4.77. The second-order valence-corrected chi connectivity index (χ2v) is 8.41. The molecule has 0 bridgehead atoms. The van der Waals surface area contributed by atoms with E-state index in [9.17, 15) is 4.79 Å². The fourth-order valence-electron chi connectivity index (χ4n) is 3.20. The van der Waals surface area contributed by atoms with Crippen molar-refractivity contribution in [3.63, 3.8) is 0 Å². The van der Waals surface area contributed by atoms with Gasteiger partial charge < -0.3 is 20.3 Å². The van der Waals surface area contributed by atoms with Gasteiger partial charge in [-0.15, -0.1) is 0 Å². The van der Waals surface area contributed by atoms with Crippen LogP contribution in [0.4, 0.5) is 4.79 Å². The molecule has 6 nitrogen and oxygen atoms in total. The van der Waals surface area contributed by atoms with Crippen LogP contribution in [0.25, 0.3) is 0 Å². The van der Waals surface area contributed by atoms with E-state index in [1.807, 2.05) is 31.7 Å². The van der Waals surface area contributed by atoms with Crippen molar-refractivity contribution < 1.29 is 9.53 Å². The molecule has 2 rings (SSSR count). The first-order valence-corrected chi connectivity index (χ1v) is 10.4. The minimum absolute atomic E-state index is 0.188. The first kappa shape index (κ1) is 22.1. The molecule has 0 saturated carbocycles. The number of likely N-dealkylation sites (tertiary alicyclic amines) is 1. The highest BCUT2D eigenvalue weighted by Gasteiger charge is 2.26. The summed E-state index contributed by atoms with van der Waals surface area (Å²) in [4.78, 5) is 18.8. The SMILES string of the molecule is CCNC(=NCC1CCN(C(=O)OC(C)(C)C)CC1)NC(C)c1ccccc1. The van der Waals surface area contributed by atoms with Crippen LogP contribution in [0.3, 0.4) is 0 Å². The van der Waals surface area contributed by atoms with Gasteiger partial charge in [-0.1, -0.05) is 30.3 Å². The van der Waals surface area contributed by atoms with Crippen LogP contribution in [0.15, 0.2) is 35.3 Å². The van der Waals surface area contributed by atoms with Crippen LogP contribution in [0.2, 0.25) is 0 Å². The standard InChI is InChI=1S/C22H36N4O2/c1-6-23-20(25-17(2)19-10-8-7-9-11-19)24-16-18-12-14-26(15-13-18)21(27)28-22(3,4)5/h7-11,17-18H,6,12-16H2,1-5H3,(H2,23,24,25). The van der Waals surface area contributed by atoms with Gasteiger partial charge in [-0.05, 0) is 58.9 Å². The molecular weight excluding hydrogens is 352 g/mol. The molecule has 1 aromatic rings. The van der Waals surface area contributed by atoms with Crippen molar-refractivity contribution in [3.05, 3.63) is 35.9 Å². The average molecular weight is 389 g/mol. The lowest BCUT2D eigenvalue weighted by Gasteiger charge is -2.33. The molecule has 1 atom stereocenters. The number of piperidine rings is 1. The van der Waals surface area contributed by atoms with Crippen LogP contribution in [0, 0.1) is 5.92 Å². The Balaban J connectivity index is 1.84. The summed E-state index contributed by atoms with van der Waals surface area (Å²) >= 11 is 0. The van der Waals surface area contributed by atoms with Crippen molar-refractivity contribution in [2.45, 2.75) is 59.1 Å². The van der Waals surface area contributed by atoms with Gasteiger partial charge in [-0.3, -0.25) is 4.99 Å². The number of hydrogen-bond acceptors (Lipinski definition) is 3. The fourth-order valence-corrected chi connectivity index (χ4v) is 3.20. The Labute approximate surface area is 169 Å². The van der Waals surface area contributed by atoms with Gasteiger partial charge in [-0.2, -0.15) is 0 Å². The van der Waals surface area contributed by atoms with Gasteiger partial charge in [-0.25, -0.2) is 4.79 Å². The minimum Gasteiger partial charge on any atom is -0.444 e. The van der Waals surface area contributed by atoms with Gasteiger partial charge >= 0.3 is 6.09 Å². The van der Waals surface area contributed by atoms with E-state index in [-0.39, 0.29) is 12.1 Å². The maximum Gasteiger partial charge on any atom is 0.410 e. The van der Waals surface area contributed by atoms with Gasteiger partial charge in [0.1, 0.15) is 5.60 Å². The molecule has 1 aliphatic heterocycles. The molecule has 0 aliphatic carbocycles. The van der Waals surface area contributed by atoms with Crippen LogP contribution < -0.4 is 10.6 Å². The number of guanidine groups is 1. The monoisotopic (exact) mass is 388 g/mol. The summed E-state index contributed by atoms with van der Waals surface area (Å²) in [6, 6.07) is 10.6. The van der Waals surface area contributed by atoms with E-state index in [2.05, 4.69) is 48.7 Å². The van der Waals surface area contributed by atoms with Gasteiger partial charge in [0.05, 0.1) is 6.04 Å². The molecule has 2 N–H and O–H groups in total. The molecule has 6 heteroatoms. The molecule has 0 radical (unpaired) electrons. The molecule has 1 aliphatic rings. The number of benzene rings is 1. The van der Waals surface area contributed by atoms with E-state index >= 15 is 0 Å². The van der Waals surface area contributed by atoms with E-state index in [0.717, 1.165) is 45.0 Å². The van der Waals surface area contributed by atoms with E-state index < -0.39 is 5.60 Å². The van der Waals surface area contributed by atoms with Crippen molar-refractivity contribution in [2.24, 2.45) is 10.9 Å². The first-order chi connectivity index (χ1) is 13.3. The molecule has 1 unspecified atom stereocenters. The minimum atomic E-state index is -0.444. The van der Waals surface area contributed by atoms with Gasteiger partial charge in [0.2, 0.25) is 0 Å². The first-order valence-electron chi connectivity index (χ1n) is 10.4. The number of nitrogens with one attached hydrogen (secondary N) is 2. The molecule has 1 saturated heterocycles. The van der Waals surface area contributed by atoms with Gasteiger partial charge in [0, 0.05) is 26.2 Å². The number of amides is 1. The number of aliphatic imine (C=N–C) groups is 1. The lowest BCUT2D eigenvalue weighted by atomic mass is 9.97. The summed E-state index contributed by atoms with van der Waals surface area (Å²) in [5.74, 6) is 1.33. The molecule has 0 aromatic heterocycles. The zero-order chi connectivity index (χ0) is 20.6. The summed E-state index contributed by atoms with van der Waals surface area (Å²) in [6.45, 7) is 13.0. The van der Waals surface area contributed by atoms with Crippen LogP contribution in [0.1, 0.15) is 59.1 Å². The Hall–Kier alpha value is -2.24. The van der Waals surface area contributed by atoms with Crippen molar-refractivity contribution >= 4 is 12.1 Å². The van der Waals surface area contributed by atoms with Crippen LogP contribution in [-0.4, -0.2) is 48.7 Å². The summed E-state index contributed by atoms with van der Waals surface area (Å²) in [5, 5.41) is 6.81. The number of carbonyl (C=O) groups is 1. The molecule has 156 valence electrons. The molecule has 0 spiro atoms. The van der Waals surface area contributed by atoms with E-state index in [0.29, 0.717) is 5.92 Å². The highest BCUT2D eigenvalue weighted by molar-refractivity contribution is 5.80. The Bertz CT molecular complexity index is 632. The van der Waals surface area contributed by atoms with Crippen LogP contribution in [0.5, 0.6) is 0 Å². The summed E-state index contributed by atoms with van der Waals surface area (Å²) in [5.41, 5.74) is 0.791. The number of rotatable bonds is 5. The zero-order valence-corrected chi connectivity index (χ0v) is 18.0. The second-order valence-electron chi connectivity index (χ2n) is 8.41. The third-order valence-electron chi connectivity index (χ3n) is 4.77. The highest BCUT2D eigenvalue weighted by Crippen LogP contribution is 2.20. The average Bonchev–Trinajstić information content (AvgIpc) is 2.66. The summed E-state index contributed by atoms with van der Waals surface area (Å²) in [7, 11) is 0. The Morgan fingerprint density at radius 3 is 2.46 bits per heavy atom. The quantitative estimate of drug-likeness (QED) is 0.592. The molecule has 28 heavy (non-hydrogen) atoms. The van der Waals surface area contributed by atoms with Crippen molar-refractivity contribution in [2.75, 3.05) is 26.2 Å². The van der Waals surface area contributed by atoms with Crippen LogP contribution in [-0.2, 0) is 4.74 Å². The number of hydrogen-bond donors (Lipinski definition) is 2. The highest BCUT2D eigenvalue weighted by atomic mass is 16.6. The Morgan fingerprint density at radius 2 is 1.89 bits per heavy atom. The van der Waals surface area contributed by atoms with E-state index in [1.54, 1.807) is 0 Å². The number of nitrogens with zero attached hydrogens (tertiary/aromatic N) is 2. The van der Waals surface area contributed by atoms with Crippen molar-refractivity contribution in [3.8, 4) is 0 Å². The normalized spacial score (nSPS) is 17.2. The topological polar surface area (TPSA) is 66.0 Å². The smallest absolute Gasteiger partial charge is 0.410 e. The lowest BCUT2D eigenvalue weighted by molar-refractivity contribution is 0.0187. The van der Waals surface area contributed by atoms with E-state index in [4.69, 9.17) is 9.73 Å². The second kappa shape index (κ2) is 10.3. The molecule has 1 heterocycles.